The molecule has 3 rings (SSSR count). The van der Waals surface area contributed by atoms with E-state index >= 15 is 0 Å². The number of carbonyl (C=O) groups is 1. The van der Waals surface area contributed by atoms with Crippen LogP contribution in [0.3, 0.4) is 0 Å². The van der Waals surface area contributed by atoms with Crippen LogP contribution in [0, 0.1) is 0 Å². The molecule has 0 saturated carbocycles. The van der Waals surface area contributed by atoms with Crippen molar-refractivity contribution in [1.29, 1.82) is 0 Å². The van der Waals surface area contributed by atoms with Crippen molar-refractivity contribution in [2.75, 3.05) is 0 Å². The first kappa shape index (κ1) is 13.5. The summed E-state index contributed by atoms with van der Waals surface area (Å²) in [6.07, 6.45) is 2.02. The van der Waals surface area contributed by atoms with Crippen LogP contribution in [-0.4, -0.2) is 10.8 Å². The summed E-state index contributed by atoms with van der Waals surface area (Å²) >= 11 is 0. The van der Waals surface area contributed by atoms with Crippen molar-refractivity contribution >= 4 is 16.6 Å². The van der Waals surface area contributed by atoms with E-state index in [0.29, 0.717) is 18.5 Å². The molecule has 0 bridgehead atoms. The van der Waals surface area contributed by atoms with Crippen LogP contribution in [0.1, 0.15) is 21.6 Å². The Morgan fingerprint density at radius 3 is 2.71 bits per heavy atom. The number of hydrogen-bond acceptors (Lipinski definition) is 3. The Morgan fingerprint density at radius 2 is 1.86 bits per heavy atom. The van der Waals surface area contributed by atoms with E-state index in [1.807, 2.05) is 24.3 Å². The number of aromatic nitrogens is 1. The van der Waals surface area contributed by atoms with Gasteiger partial charge in [-0.05, 0) is 28.5 Å². The summed E-state index contributed by atoms with van der Waals surface area (Å²) in [5.74, 6) is 0.0865. The van der Waals surface area contributed by atoms with Crippen LogP contribution in [0.15, 0.2) is 60.8 Å². The number of hydrogen-bond donors (Lipinski definition) is 1. The minimum atomic E-state index is 0.0865. The predicted octanol–water partition coefficient (Wildman–Crippen LogP) is 3.12. The topological polar surface area (TPSA) is 56.0 Å². The van der Waals surface area contributed by atoms with Gasteiger partial charge in [0.05, 0.1) is 5.69 Å². The van der Waals surface area contributed by atoms with E-state index in [2.05, 4.69) is 23.2 Å². The smallest absolute Gasteiger partial charge is 0.167 e. The Morgan fingerprint density at radius 1 is 1.05 bits per heavy atom. The highest BCUT2D eigenvalue weighted by Gasteiger charge is 2.10. The molecule has 0 unspecified atom stereocenters. The molecule has 2 aromatic carbocycles. The number of benzene rings is 2. The van der Waals surface area contributed by atoms with Gasteiger partial charge in [-0.25, -0.2) is 0 Å². The standard InChI is InChI=1S/C18H16N2O/c19-12-16-10-15(8-9-20-16)18(21)11-14-6-3-5-13-4-1-2-7-17(13)14/h1-10H,11-12,19H2. The second-order valence-electron chi connectivity index (χ2n) is 4.98. The Kier molecular flexibility index (Phi) is 3.75. The maximum Gasteiger partial charge on any atom is 0.167 e. The van der Waals surface area contributed by atoms with Crippen molar-refractivity contribution in [3.8, 4) is 0 Å². The summed E-state index contributed by atoms with van der Waals surface area (Å²) in [6, 6.07) is 17.7. The van der Waals surface area contributed by atoms with E-state index in [4.69, 9.17) is 5.73 Å². The molecule has 3 heteroatoms. The average molecular weight is 276 g/mol. The number of Topliss-reactive ketones (excluding diaryl/α,β-unsaturated/α-hetero) is 1. The number of nitrogens with two attached hydrogens (primary N) is 1. The summed E-state index contributed by atoms with van der Waals surface area (Å²) < 4.78 is 0. The summed E-state index contributed by atoms with van der Waals surface area (Å²) in [7, 11) is 0. The highest BCUT2D eigenvalue weighted by molar-refractivity contribution is 6.00. The number of ketones is 1. The van der Waals surface area contributed by atoms with Crippen LogP contribution in [-0.2, 0) is 13.0 Å². The number of rotatable bonds is 4. The molecule has 104 valence electrons. The van der Waals surface area contributed by atoms with Gasteiger partial charge in [0.15, 0.2) is 5.78 Å². The number of carbonyl (C=O) groups excluding carboxylic acids is 1. The van der Waals surface area contributed by atoms with Gasteiger partial charge in [0.25, 0.3) is 0 Å². The molecule has 0 saturated heterocycles. The van der Waals surface area contributed by atoms with Gasteiger partial charge in [-0.15, -0.1) is 0 Å². The molecular formula is C18H16N2O. The van der Waals surface area contributed by atoms with E-state index in [-0.39, 0.29) is 5.78 Å². The lowest BCUT2D eigenvalue weighted by Gasteiger charge is -2.07. The van der Waals surface area contributed by atoms with Crippen LogP contribution in [0.5, 0.6) is 0 Å². The second-order valence-corrected chi connectivity index (χ2v) is 4.98. The largest absolute Gasteiger partial charge is 0.325 e. The fourth-order valence-corrected chi connectivity index (χ4v) is 2.48. The molecule has 3 aromatic rings. The molecule has 0 aliphatic rings. The number of nitrogens with zero attached hydrogens (tertiary/aromatic N) is 1. The normalized spacial score (nSPS) is 10.7. The average Bonchev–Trinajstić information content (AvgIpc) is 2.55. The fourth-order valence-electron chi connectivity index (χ4n) is 2.48. The van der Waals surface area contributed by atoms with Gasteiger partial charge in [0.2, 0.25) is 0 Å². The molecule has 0 fully saturated rings. The van der Waals surface area contributed by atoms with E-state index in [9.17, 15) is 4.79 Å². The van der Waals surface area contributed by atoms with Gasteiger partial charge in [-0.2, -0.15) is 0 Å². The molecule has 3 nitrogen and oxygen atoms in total. The fraction of sp³-hybridized carbons (Fsp3) is 0.111. The zero-order valence-corrected chi connectivity index (χ0v) is 11.6. The molecular weight excluding hydrogens is 260 g/mol. The lowest BCUT2D eigenvalue weighted by molar-refractivity contribution is 0.0993. The van der Waals surface area contributed by atoms with Crippen LogP contribution < -0.4 is 5.73 Å². The Bertz CT molecular complexity index is 791. The zero-order valence-electron chi connectivity index (χ0n) is 11.6. The maximum atomic E-state index is 12.5. The summed E-state index contributed by atoms with van der Waals surface area (Å²) in [5, 5.41) is 2.28. The Labute approximate surface area is 123 Å². The van der Waals surface area contributed by atoms with Crippen LogP contribution >= 0.6 is 0 Å². The monoisotopic (exact) mass is 276 g/mol. The molecule has 0 radical (unpaired) electrons. The van der Waals surface area contributed by atoms with E-state index in [0.717, 1.165) is 22.0 Å². The number of fused-ring (bicyclic) bond motifs is 1. The first-order valence-corrected chi connectivity index (χ1v) is 6.93. The van der Waals surface area contributed by atoms with Gasteiger partial charge >= 0.3 is 0 Å². The molecule has 21 heavy (non-hydrogen) atoms. The van der Waals surface area contributed by atoms with Gasteiger partial charge in [-0.3, -0.25) is 9.78 Å². The zero-order chi connectivity index (χ0) is 14.7. The summed E-state index contributed by atoms with van der Waals surface area (Å²) in [4.78, 5) is 16.6. The van der Waals surface area contributed by atoms with Gasteiger partial charge < -0.3 is 5.73 Å². The van der Waals surface area contributed by atoms with Crippen molar-refractivity contribution < 1.29 is 4.79 Å². The molecule has 2 N–H and O–H groups in total. The quantitative estimate of drug-likeness (QED) is 0.745. The lowest BCUT2D eigenvalue weighted by atomic mass is 9.98. The molecule has 0 aliphatic carbocycles. The highest BCUT2D eigenvalue weighted by Crippen LogP contribution is 2.20. The van der Waals surface area contributed by atoms with Crippen molar-refractivity contribution in [1.82, 2.24) is 4.98 Å². The van der Waals surface area contributed by atoms with Crippen LogP contribution in [0.2, 0.25) is 0 Å². The van der Waals surface area contributed by atoms with E-state index < -0.39 is 0 Å². The minimum absolute atomic E-state index is 0.0865. The van der Waals surface area contributed by atoms with E-state index in [1.54, 1.807) is 18.3 Å². The third kappa shape index (κ3) is 2.83. The van der Waals surface area contributed by atoms with Crippen LogP contribution in [0.25, 0.3) is 10.8 Å². The second kappa shape index (κ2) is 5.85. The van der Waals surface area contributed by atoms with Crippen molar-refractivity contribution in [3.05, 3.63) is 77.6 Å². The van der Waals surface area contributed by atoms with E-state index in [1.165, 1.54) is 0 Å². The third-order valence-corrected chi connectivity index (χ3v) is 3.58. The van der Waals surface area contributed by atoms with Crippen LogP contribution in [0.4, 0.5) is 0 Å². The Balaban J connectivity index is 1.93. The lowest BCUT2D eigenvalue weighted by Crippen LogP contribution is -2.07. The summed E-state index contributed by atoms with van der Waals surface area (Å²) in [5.41, 5.74) is 8.02. The Hall–Kier alpha value is -2.52. The molecule has 0 amide bonds. The van der Waals surface area contributed by atoms with Gasteiger partial charge in [-0.1, -0.05) is 42.5 Å². The third-order valence-electron chi connectivity index (χ3n) is 3.58. The number of pyridine rings is 1. The molecule has 0 atom stereocenters. The maximum absolute atomic E-state index is 12.5. The van der Waals surface area contributed by atoms with Crippen molar-refractivity contribution in [3.63, 3.8) is 0 Å². The highest BCUT2D eigenvalue weighted by atomic mass is 16.1. The molecule has 1 aromatic heterocycles. The predicted molar refractivity (Wildman–Crippen MR) is 84.1 cm³/mol. The van der Waals surface area contributed by atoms with Crippen molar-refractivity contribution in [2.24, 2.45) is 5.73 Å². The first-order chi connectivity index (χ1) is 10.3. The van der Waals surface area contributed by atoms with Crippen molar-refractivity contribution in [2.45, 2.75) is 13.0 Å². The van der Waals surface area contributed by atoms with Gasteiger partial charge in [0.1, 0.15) is 0 Å². The first-order valence-electron chi connectivity index (χ1n) is 6.93. The SMILES string of the molecule is NCc1cc(C(=O)Cc2cccc3ccccc23)ccn1. The molecule has 0 aliphatic heterocycles. The molecule has 1 heterocycles. The molecule has 0 spiro atoms. The minimum Gasteiger partial charge on any atom is -0.325 e. The van der Waals surface area contributed by atoms with Gasteiger partial charge in [0, 0.05) is 24.7 Å². The summed E-state index contributed by atoms with van der Waals surface area (Å²) in [6.45, 7) is 0.343.